The number of carbonyl (C=O) groups is 1. The van der Waals surface area contributed by atoms with E-state index < -0.39 is 17.6 Å². The number of benzene rings is 3. The maximum atomic E-state index is 13.0. The molecule has 3 rings (SSSR count). The predicted octanol–water partition coefficient (Wildman–Crippen LogP) is 4.10. The van der Waals surface area contributed by atoms with Crippen LogP contribution in [0.5, 0.6) is 11.5 Å². The molecule has 23 heavy (non-hydrogen) atoms. The Morgan fingerprint density at radius 1 is 0.826 bits per heavy atom. The molecule has 0 radical (unpaired) electrons. The third kappa shape index (κ3) is 3.63. The first-order chi connectivity index (χ1) is 11.1. The zero-order valence-electron chi connectivity index (χ0n) is 12.0. The minimum Gasteiger partial charge on any atom is -0.482 e. The second-order valence-electron chi connectivity index (χ2n) is 4.85. The van der Waals surface area contributed by atoms with E-state index >= 15 is 0 Å². The van der Waals surface area contributed by atoms with Crippen LogP contribution >= 0.6 is 0 Å². The largest absolute Gasteiger partial charge is 0.482 e. The fourth-order valence-corrected chi connectivity index (χ4v) is 2.10. The smallest absolute Gasteiger partial charge is 0.349 e. The molecule has 0 heterocycles. The highest BCUT2D eigenvalue weighted by molar-refractivity contribution is 5.83. The van der Waals surface area contributed by atoms with Crippen molar-refractivity contribution >= 4 is 16.7 Å². The molecule has 0 saturated heterocycles. The van der Waals surface area contributed by atoms with Gasteiger partial charge in [-0.2, -0.15) is 0 Å². The third-order valence-corrected chi connectivity index (χ3v) is 3.20. The molecular formula is C18H12F2O3. The molecule has 3 aromatic rings. The molecule has 3 nitrogen and oxygen atoms in total. The van der Waals surface area contributed by atoms with E-state index in [0.29, 0.717) is 5.75 Å². The summed E-state index contributed by atoms with van der Waals surface area (Å²) in [6, 6.07) is 16.0. The van der Waals surface area contributed by atoms with Gasteiger partial charge in [0.2, 0.25) is 0 Å². The number of hydrogen-bond acceptors (Lipinski definition) is 3. The quantitative estimate of drug-likeness (QED) is 0.537. The second kappa shape index (κ2) is 6.44. The molecule has 116 valence electrons. The lowest BCUT2D eigenvalue weighted by atomic mass is 10.1. The van der Waals surface area contributed by atoms with Gasteiger partial charge >= 0.3 is 5.97 Å². The highest BCUT2D eigenvalue weighted by Gasteiger charge is 2.09. The number of rotatable bonds is 4. The van der Waals surface area contributed by atoms with Gasteiger partial charge in [0.15, 0.2) is 18.2 Å². The molecule has 0 N–H and O–H groups in total. The molecule has 0 saturated carbocycles. The maximum Gasteiger partial charge on any atom is 0.349 e. The Labute approximate surface area is 131 Å². The summed E-state index contributed by atoms with van der Waals surface area (Å²) in [6.07, 6.45) is 0. The van der Waals surface area contributed by atoms with Gasteiger partial charge in [-0.1, -0.05) is 30.3 Å². The van der Waals surface area contributed by atoms with Crippen molar-refractivity contribution in [1.82, 2.24) is 0 Å². The van der Waals surface area contributed by atoms with Gasteiger partial charge in [-0.25, -0.2) is 13.6 Å². The van der Waals surface area contributed by atoms with Gasteiger partial charge in [0.25, 0.3) is 0 Å². The Bertz CT molecular complexity index is 862. The number of ether oxygens (including phenoxy) is 2. The summed E-state index contributed by atoms with van der Waals surface area (Å²) in [4.78, 5) is 11.7. The Kier molecular flexibility index (Phi) is 4.19. The summed E-state index contributed by atoms with van der Waals surface area (Å²) in [5, 5.41) is 2.04. The van der Waals surface area contributed by atoms with E-state index in [1.807, 2.05) is 30.3 Å². The standard InChI is InChI=1S/C18H12F2O3/c19-16-8-7-15(10-17(16)20)23-18(21)11-22-14-6-5-12-3-1-2-4-13(12)9-14/h1-10H,11H2. The first kappa shape index (κ1) is 15.0. The Morgan fingerprint density at radius 3 is 2.35 bits per heavy atom. The van der Waals surface area contributed by atoms with Crippen LogP contribution in [0.15, 0.2) is 60.7 Å². The zero-order valence-corrected chi connectivity index (χ0v) is 12.0. The topological polar surface area (TPSA) is 35.5 Å². The molecule has 0 aromatic heterocycles. The molecule has 0 bridgehead atoms. The molecule has 3 aromatic carbocycles. The number of halogens is 2. The lowest BCUT2D eigenvalue weighted by Crippen LogP contribution is -2.17. The molecule has 0 spiro atoms. The average Bonchev–Trinajstić information content (AvgIpc) is 2.56. The van der Waals surface area contributed by atoms with Crippen LogP contribution in [0.2, 0.25) is 0 Å². The number of esters is 1. The molecule has 0 aliphatic carbocycles. The van der Waals surface area contributed by atoms with E-state index in [1.54, 1.807) is 12.1 Å². The van der Waals surface area contributed by atoms with E-state index in [1.165, 1.54) is 6.07 Å². The predicted molar refractivity (Wildman–Crippen MR) is 81.4 cm³/mol. The van der Waals surface area contributed by atoms with Gasteiger partial charge < -0.3 is 9.47 Å². The summed E-state index contributed by atoms with van der Waals surface area (Å²) in [7, 11) is 0. The third-order valence-electron chi connectivity index (χ3n) is 3.20. The SMILES string of the molecule is O=C(COc1ccc2ccccc2c1)Oc1ccc(F)c(F)c1. The van der Waals surface area contributed by atoms with Crippen molar-refractivity contribution in [3.8, 4) is 11.5 Å². The van der Waals surface area contributed by atoms with Crippen LogP contribution in [0.25, 0.3) is 10.8 Å². The lowest BCUT2D eigenvalue weighted by Gasteiger charge is -2.08. The fourth-order valence-electron chi connectivity index (χ4n) is 2.10. The summed E-state index contributed by atoms with van der Waals surface area (Å²) < 4.78 is 36.1. The average molecular weight is 314 g/mol. The molecule has 0 amide bonds. The van der Waals surface area contributed by atoms with Crippen molar-refractivity contribution in [1.29, 1.82) is 0 Å². The van der Waals surface area contributed by atoms with E-state index in [9.17, 15) is 13.6 Å². The van der Waals surface area contributed by atoms with E-state index in [-0.39, 0.29) is 12.4 Å². The van der Waals surface area contributed by atoms with Gasteiger partial charge in [-0.05, 0) is 35.0 Å². The van der Waals surface area contributed by atoms with Crippen molar-refractivity contribution in [2.45, 2.75) is 0 Å². The van der Waals surface area contributed by atoms with Crippen LogP contribution in [-0.4, -0.2) is 12.6 Å². The van der Waals surface area contributed by atoms with Gasteiger partial charge in [0.1, 0.15) is 11.5 Å². The molecular weight excluding hydrogens is 302 g/mol. The number of hydrogen-bond donors (Lipinski definition) is 0. The zero-order chi connectivity index (χ0) is 16.2. The van der Waals surface area contributed by atoms with Gasteiger partial charge in [-0.15, -0.1) is 0 Å². The van der Waals surface area contributed by atoms with Crippen molar-refractivity contribution in [3.63, 3.8) is 0 Å². The Morgan fingerprint density at radius 2 is 1.57 bits per heavy atom. The molecule has 5 heteroatoms. The van der Waals surface area contributed by atoms with Crippen LogP contribution in [0, 0.1) is 11.6 Å². The van der Waals surface area contributed by atoms with Crippen molar-refractivity contribution < 1.29 is 23.0 Å². The number of fused-ring (bicyclic) bond motifs is 1. The summed E-state index contributed by atoms with van der Waals surface area (Å²) >= 11 is 0. The monoisotopic (exact) mass is 314 g/mol. The van der Waals surface area contributed by atoms with Crippen LogP contribution < -0.4 is 9.47 Å². The summed E-state index contributed by atoms with van der Waals surface area (Å²) in [5.74, 6) is -2.34. The lowest BCUT2D eigenvalue weighted by molar-refractivity contribution is -0.136. The first-order valence-corrected chi connectivity index (χ1v) is 6.89. The van der Waals surface area contributed by atoms with E-state index in [0.717, 1.165) is 22.9 Å². The molecule has 0 fully saturated rings. The normalized spacial score (nSPS) is 10.5. The molecule has 0 aliphatic heterocycles. The second-order valence-corrected chi connectivity index (χ2v) is 4.85. The maximum absolute atomic E-state index is 13.0. The van der Waals surface area contributed by atoms with Crippen LogP contribution in [0.4, 0.5) is 8.78 Å². The highest BCUT2D eigenvalue weighted by Crippen LogP contribution is 2.21. The van der Waals surface area contributed by atoms with Gasteiger partial charge in [0.05, 0.1) is 0 Å². The van der Waals surface area contributed by atoms with Gasteiger partial charge in [-0.3, -0.25) is 0 Å². The summed E-state index contributed by atoms with van der Waals surface area (Å²) in [6.45, 7) is -0.336. The molecule has 0 aliphatic rings. The van der Waals surface area contributed by atoms with Crippen molar-refractivity contribution in [2.24, 2.45) is 0 Å². The van der Waals surface area contributed by atoms with Crippen molar-refractivity contribution in [3.05, 3.63) is 72.3 Å². The highest BCUT2D eigenvalue weighted by atomic mass is 19.2. The first-order valence-electron chi connectivity index (χ1n) is 6.89. The molecule has 0 unspecified atom stereocenters. The van der Waals surface area contributed by atoms with E-state index in [4.69, 9.17) is 9.47 Å². The minimum absolute atomic E-state index is 0.0731. The number of carbonyl (C=O) groups excluding carboxylic acids is 1. The van der Waals surface area contributed by atoms with E-state index in [2.05, 4.69) is 0 Å². The van der Waals surface area contributed by atoms with Crippen LogP contribution in [0.1, 0.15) is 0 Å². The fraction of sp³-hybridized carbons (Fsp3) is 0.0556. The summed E-state index contributed by atoms with van der Waals surface area (Å²) in [5.41, 5.74) is 0. The minimum atomic E-state index is -1.08. The molecule has 0 atom stereocenters. The Balaban J connectivity index is 1.62. The van der Waals surface area contributed by atoms with Gasteiger partial charge in [0, 0.05) is 6.07 Å². The van der Waals surface area contributed by atoms with Crippen LogP contribution in [0.3, 0.4) is 0 Å². The Hall–Kier alpha value is -2.95. The van der Waals surface area contributed by atoms with Crippen LogP contribution in [-0.2, 0) is 4.79 Å². The van der Waals surface area contributed by atoms with Crippen molar-refractivity contribution in [2.75, 3.05) is 6.61 Å².